The normalized spacial score (nSPS) is 12.3. The first kappa shape index (κ1) is 18.4. The van der Waals surface area contributed by atoms with Crippen molar-refractivity contribution in [2.45, 2.75) is 37.8 Å². The molecule has 0 aliphatic rings. The SMILES string of the molecule is CC(C)N(C)CCCNS(=O)(=O)c1ccc(Cl)c(CN)c1. The number of rotatable bonds is 8. The molecule has 0 aliphatic heterocycles. The molecule has 0 radical (unpaired) electrons. The van der Waals surface area contributed by atoms with E-state index in [1.54, 1.807) is 6.07 Å². The van der Waals surface area contributed by atoms with Crippen LogP contribution in [0.25, 0.3) is 0 Å². The van der Waals surface area contributed by atoms with Crippen molar-refractivity contribution in [2.75, 3.05) is 20.1 Å². The highest BCUT2D eigenvalue weighted by Crippen LogP contribution is 2.19. The first-order valence-electron chi connectivity index (χ1n) is 6.96. The molecular formula is C14H24ClN3O2S. The van der Waals surface area contributed by atoms with Gasteiger partial charge in [-0.05, 0) is 57.6 Å². The van der Waals surface area contributed by atoms with Gasteiger partial charge >= 0.3 is 0 Å². The average molecular weight is 334 g/mol. The molecule has 0 amide bonds. The highest BCUT2D eigenvalue weighted by Gasteiger charge is 2.15. The van der Waals surface area contributed by atoms with E-state index >= 15 is 0 Å². The smallest absolute Gasteiger partial charge is 0.240 e. The van der Waals surface area contributed by atoms with Gasteiger partial charge in [0.1, 0.15) is 0 Å². The summed E-state index contributed by atoms with van der Waals surface area (Å²) < 4.78 is 27.0. The van der Waals surface area contributed by atoms with Crippen LogP contribution in [0.5, 0.6) is 0 Å². The fourth-order valence-electron chi connectivity index (χ4n) is 1.75. The van der Waals surface area contributed by atoms with Crippen molar-refractivity contribution in [3.8, 4) is 0 Å². The molecule has 0 fully saturated rings. The van der Waals surface area contributed by atoms with E-state index in [2.05, 4.69) is 23.5 Å². The summed E-state index contributed by atoms with van der Waals surface area (Å²) in [6.07, 6.45) is 0.755. The molecule has 0 heterocycles. The maximum atomic E-state index is 12.2. The Morgan fingerprint density at radius 2 is 2.05 bits per heavy atom. The summed E-state index contributed by atoms with van der Waals surface area (Å²) in [6, 6.07) is 5.02. The third-order valence-corrected chi connectivity index (χ3v) is 5.24. The van der Waals surface area contributed by atoms with Crippen molar-refractivity contribution in [1.29, 1.82) is 0 Å². The zero-order valence-electron chi connectivity index (χ0n) is 12.8. The molecule has 3 N–H and O–H groups in total. The first-order valence-corrected chi connectivity index (χ1v) is 8.82. The predicted molar refractivity (Wildman–Crippen MR) is 86.9 cm³/mol. The standard InChI is InChI=1S/C14H24ClN3O2S/c1-11(2)18(3)8-4-7-17-21(19,20)13-5-6-14(15)12(9-13)10-16/h5-6,9,11,17H,4,7-8,10,16H2,1-3H3. The van der Waals surface area contributed by atoms with E-state index < -0.39 is 10.0 Å². The monoisotopic (exact) mass is 333 g/mol. The quantitative estimate of drug-likeness (QED) is 0.711. The second-order valence-electron chi connectivity index (χ2n) is 5.28. The summed E-state index contributed by atoms with van der Waals surface area (Å²) in [7, 11) is -1.49. The van der Waals surface area contributed by atoms with Gasteiger partial charge in [-0.25, -0.2) is 13.1 Å². The molecule has 0 atom stereocenters. The van der Waals surface area contributed by atoms with Gasteiger partial charge in [0.2, 0.25) is 10.0 Å². The van der Waals surface area contributed by atoms with Crippen molar-refractivity contribution in [3.63, 3.8) is 0 Å². The van der Waals surface area contributed by atoms with Gasteiger partial charge in [-0.3, -0.25) is 0 Å². The number of hydrogen-bond donors (Lipinski definition) is 2. The van der Waals surface area contributed by atoms with Crippen LogP contribution in [0.1, 0.15) is 25.8 Å². The summed E-state index contributed by atoms with van der Waals surface area (Å²) in [6.45, 7) is 5.66. The van der Waals surface area contributed by atoms with Crippen molar-refractivity contribution < 1.29 is 8.42 Å². The third kappa shape index (κ3) is 5.56. The van der Waals surface area contributed by atoms with E-state index in [9.17, 15) is 8.42 Å². The second-order valence-corrected chi connectivity index (χ2v) is 7.46. The van der Waals surface area contributed by atoms with E-state index in [-0.39, 0.29) is 11.4 Å². The maximum absolute atomic E-state index is 12.2. The second kappa shape index (κ2) is 8.10. The van der Waals surface area contributed by atoms with Gasteiger partial charge in [0.15, 0.2) is 0 Å². The van der Waals surface area contributed by atoms with Crippen LogP contribution in [-0.4, -0.2) is 39.5 Å². The zero-order valence-corrected chi connectivity index (χ0v) is 14.3. The van der Waals surface area contributed by atoms with Gasteiger partial charge in [0.25, 0.3) is 0 Å². The topological polar surface area (TPSA) is 75.4 Å². The van der Waals surface area contributed by atoms with Gasteiger partial charge in [0, 0.05) is 24.2 Å². The molecule has 0 saturated heterocycles. The van der Waals surface area contributed by atoms with E-state index in [1.807, 2.05) is 7.05 Å². The molecule has 1 aromatic rings. The molecule has 0 aliphatic carbocycles. The minimum Gasteiger partial charge on any atom is -0.326 e. The van der Waals surface area contributed by atoms with E-state index in [4.69, 9.17) is 17.3 Å². The lowest BCUT2D eigenvalue weighted by molar-refractivity contribution is 0.271. The number of sulfonamides is 1. The van der Waals surface area contributed by atoms with Crippen molar-refractivity contribution in [3.05, 3.63) is 28.8 Å². The van der Waals surface area contributed by atoms with Crippen LogP contribution < -0.4 is 10.5 Å². The minimum atomic E-state index is -3.51. The van der Waals surface area contributed by atoms with Crippen LogP contribution in [0.15, 0.2) is 23.1 Å². The molecule has 0 saturated carbocycles. The van der Waals surface area contributed by atoms with E-state index in [0.717, 1.165) is 13.0 Å². The molecule has 0 bridgehead atoms. The lowest BCUT2D eigenvalue weighted by Crippen LogP contribution is -2.31. The Morgan fingerprint density at radius 1 is 1.38 bits per heavy atom. The molecule has 0 spiro atoms. The number of hydrogen-bond acceptors (Lipinski definition) is 4. The van der Waals surface area contributed by atoms with Gasteiger partial charge in [-0.15, -0.1) is 0 Å². The van der Waals surface area contributed by atoms with Crippen LogP contribution in [0.2, 0.25) is 5.02 Å². The van der Waals surface area contributed by atoms with Crippen molar-refractivity contribution in [1.82, 2.24) is 9.62 Å². The molecule has 5 nitrogen and oxygen atoms in total. The molecule has 21 heavy (non-hydrogen) atoms. The Morgan fingerprint density at radius 3 is 2.62 bits per heavy atom. The van der Waals surface area contributed by atoms with Crippen LogP contribution in [0, 0.1) is 0 Å². The lowest BCUT2D eigenvalue weighted by Gasteiger charge is -2.20. The zero-order chi connectivity index (χ0) is 16.0. The molecule has 0 unspecified atom stereocenters. The van der Waals surface area contributed by atoms with Crippen molar-refractivity contribution >= 4 is 21.6 Å². The summed E-state index contributed by atoms with van der Waals surface area (Å²) in [5, 5.41) is 0.481. The average Bonchev–Trinajstić information content (AvgIpc) is 2.43. The van der Waals surface area contributed by atoms with Gasteiger partial charge in [0.05, 0.1) is 4.90 Å². The fraction of sp³-hybridized carbons (Fsp3) is 0.571. The highest BCUT2D eigenvalue weighted by atomic mass is 35.5. The molecule has 0 aromatic heterocycles. The van der Waals surface area contributed by atoms with Crippen LogP contribution in [0.4, 0.5) is 0 Å². The molecule has 120 valence electrons. The van der Waals surface area contributed by atoms with E-state index in [0.29, 0.717) is 23.2 Å². The molecule has 1 aromatic carbocycles. The largest absolute Gasteiger partial charge is 0.326 e. The Kier molecular flexibility index (Phi) is 7.09. The summed E-state index contributed by atoms with van der Waals surface area (Å²) in [4.78, 5) is 2.37. The van der Waals surface area contributed by atoms with Gasteiger partial charge < -0.3 is 10.6 Å². The Bertz CT molecular complexity index is 561. The van der Waals surface area contributed by atoms with Crippen LogP contribution in [0.3, 0.4) is 0 Å². The summed E-state index contributed by atoms with van der Waals surface area (Å²) in [5.41, 5.74) is 6.17. The van der Waals surface area contributed by atoms with Gasteiger partial charge in [-0.2, -0.15) is 0 Å². The highest BCUT2D eigenvalue weighted by molar-refractivity contribution is 7.89. The van der Waals surface area contributed by atoms with Gasteiger partial charge in [-0.1, -0.05) is 11.6 Å². The number of nitrogens with two attached hydrogens (primary N) is 1. The fourth-order valence-corrected chi connectivity index (χ4v) is 3.07. The minimum absolute atomic E-state index is 0.199. The summed E-state index contributed by atoms with van der Waals surface area (Å²) in [5.74, 6) is 0. The lowest BCUT2D eigenvalue weighted by atomic mass is 10.2. The number of benzene rings is 1. The first-order chi connectivity index (χ1) is 9.77. The molecule has 1 rings (SSSR count). The van der Waals surface area contributed by atoms with Crippen LogP contribution in [-0.2, 0) is 16.6 Å². The number of nitrogens with one attached hydrogen (secondary N) is 1. The summed E-state index contributed by atoms with van der Waals surface area (Å²) >= 11 is 5.94. The van der Waals surface area contributed by atoms with E-state index in [1.165, 1.54) is 12.1 Å². The predicted octanol–water partition coefficient (Wildman–Crippen LogP) is 1.81. The number of nitrogens with zero attached hydrogens (tertiary/aromatic N) is 1. The maximum Gasteiger partial charge on any atom is 0.240 e. The molecule has 7 heteroatoms. The molecular weight excluding hydrogens is 310 g/mol. The third-order valence-electron chi connectivity index (χ3n) is 3.41. The Balaban J connectivity index is 2.62. The van der Waals surface area contributed by atoms with Crippen molar-refractivity contribution in [2.24, 2.45) is 5.73 Å². The van der Waals surface area contributed by atoms with Crippen LogP contribution >= 0.6 is 11.6 Å². The Labute approximate surface area is 132 Å². The number of halogens is 1. The Hall–Kier alpha value is -0.660.